The van der Waals surface area contributed by atoms with Crippen LogP contribution in [0.1, 0.15) is 104 Å². The third-order valence-corrected chi connectivity index (χ3v) is 13.3. The van der Waals surface area contributed by atoms with Crippen molar-refractivity contribution >= 4 is 86.1 Å². The highest BCUT2D eigenvalue weighted by molar-refractivity contribution is 5.92. The topological polar surface area (TPSA) is 329 Å². The number of aromatic nitrogens is 9. The number of carboxylic acid groups (broad SMARTS) is 1. The lowest BCUT2D eigenvalue weighted by atomic mass is 10.1. The number of carbonyl (C=O) groups excluding carboxylic acids is 2. The number of carboxylic acids is 1. The van der Waals surface area contributed by atoms with Gasteiger partial charge in [-0.25, -0.2) is 24.5 Å². The number of hydrogen-bond acceptors (Lipinski definition) is 24. The summed E-state index contributed by atoms with van der Waals surface area (Å²) in [4.78, 5) is 75.1. The number of nitrogens with two attached hydrogens (primary N) is 1. The molecule has 0 bridgehead atoms. The minimum atomic E-state index is -0.933. The van der Waals surface area contributed by atoms with Crippen LogP contribution in [0.25, 0.3) is 33.1 Å². The van der Waals surface area contributed by atoms with Gasteiger partial charge in [0.1, 0.15) is 51.6 Å². The number of fused-ring (bicyclic) bond motifs is 3. The summed E-state index contributed by atoms with van der Waals surface area (Å²) < 4.78 is 31.2. The lowest BCUT2D eigenvalue weighted by Crippen LogP contribution is -2.31. The van der Waals surface area contributed by atoms with Crippen molar-refractivity contribution in [2.45, 2.75) is 124 Å². The molecule has 0 unspecified atom stereocenters. The molecule has 1 fully saturated rings. The van der Waals surface area contributed by atoms with Gasteiger partial charge in [0.2, 0.25) is 17.8 Å². The smallest absolute Gasteiger partial charge is 0.328 e. The molecule has 0 spiro atoms. The molecule has 1 saturated heterocycles. The van der Waals surface area contributed by atoms with Crippen LogP contribution in [0.2, 0.25) is 0 Å². The molecular weight excluding hydrogens is 1110 g/mol. The fourth-order valence-corrected chi connectivity index (χ4v) is 8.80. The van der Waals surface area contributed by atoms with Gasteiger partial charge in [-0.3, -0.25) is 19.7 Å². The normalized spacial score (nSPS) is 12.4. The minimum absolute atomic E-state index is 0. The number of benzene rings is 2. The van der Waals surface area contributed by atoms with E-state index in [0.717, 1.165) is 50.0 Å². The summed E-state index contributed by atoms with van der Waals surface area (Å²) in [5.74, 6) is 3.98. The highest BCUT2D eigenvalue weighted by atomic mass is 16.5. The summed E-state index contributed by atoms with van der Waals surface area (Å²) in [7, 11) is 7.79. The Morgan fingerprint density at radius 2 is 0.989 bits per heavy atom. The first-order valence-corrected chi connectivity index (χ1v) is 28.5. The van der Waals surface area contributed by atoms with E-state index in [2.05, 4.69) is 71.4 Å². The van der Waals surface area contributed by atoms with E-state index >= 15 is 0 Å². The first-order valence-electron chi connectivity index (χ1n) is 28.5. The lowest BCUT2D eigenvalue weighted by Gasteiger charge is -2.18. The number of rotatable bonds is 26. The van der Waals surface area contributed by atoms with Crippen molar-refractivity contribution < 1.29 is 47.9 Å². The van der Waals surface area contributed by atoms with Crippen molar-refractivity contribution in [3.05, 3.63) is 103 Å². The number of pyridine rings is 3. The van der Waals surface area contributed by atoms with Crippen LogP contribution in [0.3, 0.4) is 0 Å². The van der Waals surface area contributed by atoms with Crippen LogP contribution in [-0.2, 0) is 36.9 Å². The van der Waals surface area contributed by atoms with Crippen molar-refractivity contribution in [3.8, 4) is 23.0 Å². The van der Waals surface area contributed by atoms with Gasteiger partial charge in [0, 0.05) is 74.6 Å². The van der Waals surface area contributed by atoms with Gasteiger partial charge < -0.3 is 65.8 Å². The predicted octanol–water partition coefficient (Wildman–Crippen LogP) is 10.3. The molecule has 0 saturated carbocycles. The standard InChI is InChI=1S/C22H27N5O4.C21H25N5O4.C14H19N5O.C4H8O.CH4/c1-5-7-17(21(28)31-4)25-20-19-16(8-6-11-23-19)26-22(27-20)24-13-14-9-10-15(29-2)12-18(14)30-3;1-4-6-16(20(27)28)24-19-18-15(7-5-10-22-18)25-21(26-19)23-12-13-8-9-14(29-2)11-17(13)30-3;1-3-6-9(11(20)4-2)17-13-12-10(7-5-8-16-12)18-14(15)19-13;1-2-4-5-3-1;/h6,8-12,17H,5,7,13H2,1-4H3,(H2,24,25,26,27);5,7-11,16H,4,6,12H2,1-3H3,(H,27,28)(H2,23,24,25,26);5,7-9H,3-4,6H2,1-2H3,(H3,15,17,18,19);1-4H2;1H4/t17-;16-;9-;;/m000../s1. The van der Waals surface area contributed by atoms with Gasteiger partial charge in [0.15, 0.2) is 23.2 Å². The first kappa shape index (κ1) is 68.3. The maximum Gasteiger partial charge on any atom is 0.328 e. The highest BCUT2D eigenvalue weighted by Crippen LogP contribution is 2.29. The summed E-state index contributed by atoms with van der Waals surface area (Å²) in [6.45, 7) is 10.7. The molecule has 9 rings (SSSR count). The van der Waals surface area contributed by atoms with Crippen LogP contribution in [-0.4, -0.2) is 135 Å². The Labute approximate surface area is 507 Å². The summed E-state index contributed by atoms with van der Waals surface area (Å²) in [6.07, 6.45) is 12.3. The van der Waals surface area contributed by atoms with E-state index in [-0.39, 0.29) is 31.2 Å². The van der Waals surface area contributed by atoms with E-state index in [4.69, 9.17) is 34.2 Å². The number of esters is 1. The van der Waals surface area contributed by atoms with Crippen LogP contribution in [0, 0.1) is 0 Å². The number of methoxy groups -OCH3 is 5. The van der Waals surface area contributed by atoms with Gasteiger partial charge in [-0.2, -0.15) is 15.0 Å². The Morgan fingerprint density at radius 1 is 0.563 bits per heavy atom. The number of nitrogen functional groups attached to an aromatic ring is 1. The summed E-state index contributed by atoms with van der Waals surface area (Å²) >= 11 is 0. The third-order valence-electron chi connectivity index (χ3n) is 13.3. The average molecular weight is 1200 g/mol. The second-order valence-corrected chi connectivity index (χ2v) is 19.4. The van der Waals surface area contributed by atoms with E-state index in [0.29, 0.717) is 118 Å². The molecule has 466 valence electrons. The number of hydrogen-bond donors (Lipinski definition) is 7. The summed E-state index contributed by atoms with van der Waals surface area (Å²) in [5, 5.41) is 25.3. The molecule has 3 atom stereocenters. The molecule has 7 heterocycles. The molecule has 25 nitrogen and oxygen atoms in total. The summed E-state index contributed by atoms with van der Waals surface area (Å²) in [6, 6.07) is 20.5. The van der Waals surface area contributed by atoms with Crippen molar-refractivity contribution in [2.75, 3.05) is 81.1 Å². The van der Waals surface area contributed by atoms with Crippen molar-refractivity contribution in [3.63, 3.8) is 0 Å². The third kappa shape index (κ3) is 20.0. The zero-order chi connectivity index (χ0) is 61.8. The van der Waals surface area contributed by atoms with E-state index in [1.54, 1.807) is 71.3 Å². The molecule has 6 aromatic heterocycles. The second-order valence-electron chi connectivity index (χ2n) is 19.4. The fourth-order valence-electron chi connectivity index (χ4n) is 8.80. The number of aliphatic carboxylic acids is 1. The van der Waals surface area contributed by atoms with Crippen LogP contribution in [0.5, 0.6) is 23.0 Å². The minimum Gasteiger partial charge on any atom is -0.497 e. The second kappa shape index (κ2) is 35.7. The lowest BCUT2D eigenvalue weighted by molar-refractivity contribution is -0.141. The van der Waals surface area contributed by atoms with Crippen LogP contribution in [0.15, 0.2) is 91.4 Å². The van der Waals surface area contributed by atoms with Gasteiger partial charge in [0.05, 0.1) is 58.1 Å². The Hall–Kier alpha value is -9.52. The first-order chi connectivity index (χ1) is 41.8. The SMILES string of the molecule is C.C1CCOC1.CCC[C@H](Nc1nc(N)nc2cccnc12)C(=O)CC.CCC[C@H](Nc1nc(NCc2ccc(OC)cc2OC)nc2cccnc12)C(=O)O.CCC[C@H](Nc1nc(NCc2ccc(OC)cc2OC)nc2cccnc12)C(=O)OC. The van der Waals surface area contributed by atoms with Crippen LogP contribution >= 0.6 is 0 Å². The number of nitrogens with one attached hydrogen (secondary N) is 5. The number of carbonyl (C=O) groups is 3. The predicted molar refractivity (Wildman–Crippen MR) is 339 cm³/mol. The molecule has 1 aliphatic rings. The van der Waals surface area contributed by atoms with Crippen LogP contribution < -0.4 is 51.3 Å². The average Bonchev–Trinajstić information content (AvgIpc) is 3.93. The maximum atomic E-state index is 12.2. The molecule has 0 aliphatic carbocycles. The highest BCUT2D eigenvalue weighted by Gasteiger charge is 2.23. The van der Waals surface area contributed by atoms with Gasteiger partial charge in [0.25, 0.3) is 0 Å². The molecule has 0 amide bonds. The molecule has 2 aromatic carbocycles. The van der Waals surface area contributed by atoms with Crippen molar-refractivity contribution in [1.82, 2.24) is 44.9 Å². The number of anilines is 6. The van der Waals surface area contributed by atoms with E-state index in [1.807, 2.05) is 76.2 Å². The monoisotopic (exact) mass is 1200 g/mol. The number of nitrogens with zero attached hydrogens (tertiary/aromatic N) is 9. The molecule has 8 aromatic rings. The summed E-state index contributed by atoms with van der Waals surface area (Å²) in [5.41, 5.74) is 11.2. The van der Waals surface area contributed by atoms with E-state index in [1.165, 1.54) is 20.0 Å². The Balaban J connectivity index is 0.000000231. The van der Waals surface area contributed by atoms with Gasteiger partial charge in [-0.05, 0) is 92.8 Å². The fraction of sp³-hybridized carbons (Fsp3) is 0.419. The zero-order valence-electron chi connectivity index (χ0n) is 50.3. The maximum absolute atomic E-state index is 12.2. The van der Waals surface area contributed by atoms with Gasteiger partial charge in [-0.1, -0.05) is 54.4 Å². The van der Waals surface area contributed by atoms with Crippen molar-refractivity contribution in [2.24, 2.45) is 0 Å². The molecule has 0 radical (unpaired) electrons. The Kier molecular flexibility index (Phi) is 28.0. The quantitative estimate of drug-likeness (QED) is 0.0248. The molecule has 8 N–H and O–H groups in total. The van der Waals surface area contributed by atoms with Crippen LogP contribution in [0.4, 0.5) is 35.3 Å². The number of ketones is 1. The molecule has 25 heteroatoms. The Morgan fingerprint density at radius 3 is 1.39 bits per heavy atom. The molecule has 1 aliphatic heterocycles. The van der Waals surface area contributed by atoms with E-state index in [9.17, 15) is 19.5 Å². The Bertz CT molecular complexity index is 3460. The van der Waals surface area contributed by atoms with E-state index < -0.39 is 18.1 Å². The number of ether oxygens (including phenoxy) is 6. The largest absolute Gasteiger partial charge is 0.497 e. The molecular formula is C62H83N15O10. The zero-order valence-corrected chi connectivity index (χ0v) is 50.3. The molecule has 87 heavy (non-hydrogen) atoms. The van der Waals surface area contributed by atoms with Gasteiger partial charge >= 0.3 is 11.9 Å². The van der Waals surface area contributed by atoms with Gasteiger partial charge in [-0.15, -0.1) is 0 Å². The number of Topliss-reactive ketones (excluding diaryl/α,β-unsaturated/α-hetero) is 1. The van der Waals surface area contributed by atoms with Crippen molar-refractivity contribution in [1.29, 1.82) is 0 Å².